The number of benzene rings is 2. The minimum atomic E-state index is -0.377. The highest BCUT2D eigenvalue weighted by Crippen LogP contribution is 2.43. The van der Waals surface area contributed by atoms with Gasteiger partial charge in [0.1, 0.15) is 11.8 Å². The van der Waals surface area contributed by atoms with E-state index in [0.29, 0.717) is 21.4 Å². The largest absolute Gasteiger partial charge is 0.495 e. The Hall–Kier alpha value is -3.88. The van der Waals surface area contributed by atoms with Crippen LogP contribution in [0.5, 0.6) is 5.75 Å². The molecule has 1 aliphatic rings. The van der Waals surface area contributed by atoms with Gasteiger partial charge in [-0.3, -0.25) is 4.98 Å². The number of halogens is 1. The van der Waals surface area contributed by atoms with E-state index >= 15 is 0 Å². The number of pyridine rings is 1. The van der Waals surface area contributed by atoms with E-state index in [9.17, 15) is 4.79 Å². The first-order chi connectivity index (χ1) is 17.5. The molecule has 0 bridgehead atoms. The minimum Gasteiger partial charge on any atom is -0.495 e. The van der Waals surface area contributed by atoms with Crippen LogP contribution >= 0.6 is 23.8 Å². The summed E-state index contributed by atoms with van der Waals surface area (Å²) >= 11 is 12.3. The van der Waals surface area contributed by atoms with Crippen molar-refractivity contribution in [2.24, 2.45) is 0 Å². The predicted molar refractivity (Wildman–Crippen MR) is 143 cm³/mol. The number of rotatable bonds is 6. The third-order valence-corrected chi connectivity index (χ3v) is 6.77. The molecular formula is C27H23ClN4O3S. The summed E-state index contributed by atoms with van der Waals surface area (Å²) < 4.78 is 12.3. The average Bonchev–Trinajstić information content (AvgIpc) is 3.53. The van der Waals surface area contributed by atoms with E-state index in [1.807, 2.05) is 60.8 Å². The molecule has 4 aromatic rings. The van der Waals surface area contributed by atoms with Gasteiger partial charge >= 0.3 is 5.97 Å². The third kappa shape index (κ3) is 4.29. The van der Waals surface area contributed by atoms with Crippen LogP contribution in [0, 0.1) is 0 Å². The molecule has 1 saturated heterocycles. The van der Waals surface area contributed by atoms with Crippen molar-refractivity contribution < 1.29 is 14.3 Å². The van der Waals surface area contributed by atoms with Crippen LogP contribution in [0.4, 0.5) is 5.69 Å². The molecule has 2 unspecified atom stereocenters. The molecule has 7 nitrogen and oxygen atoms in total. The Morgan fingerprint density at radius 1 is 1.03 bits per heavy atom. The van der Waals surface area contributed by atoms with Gasteiger partial charge < -0.3 is 24.3 Å². The fourth-order valence-corrected chi connectivity index (χ4v) is 5.08. The molecule has 0 amide bonds. The number of aromatic nitrogens is 2. The first kappa shape index (κ1) is 23.8. The highest BCUT2D eigenvalue weighted by atomic mass is 35.5. The second-order valence-corrected chi connectivity index (χ2v) is 8.95. The molecular weight excluding hydrogens is 496 g/mol. The number of carbonyl (C=O) groups excluding carboxylic acids is 1. The number of hydrogen-bond donors (Lipinski definition) is 1. The number of nitrogens with one attached hydrogen (secondary N) is 1. The van der Waals surface area contributed by atoms with Crippen LogP contribution in [0.15, 0.2) is 85.2 Å². The summed E-state index contributed by atoms with van der Waals surface area (Å²) in [6, 6.07) is 22.3. The molecule has 0 radical (unpaired) electrons. The monoisotopic (exact) mass is 518 g/mol. The van der Waals surface area contributed by atoms with Gasteiger partial charge in [0.25, 0.3) is 0 Å². The lowest BCUT2D eigenvalue weighted by molar-refractivity contribution is 0.0600. The Labute approximate surface area is 219 Å². The summed E-state index contributed by atoms with van der Waals surface area (Å²) in [5, 5.41) is 4.51. The number of anilines is 1. The SMILES string of the molecule is COC(=O)c1ccc(-n2cccc2C2C(c3ccccn3)NC(=S)N2c2ccc(OC)c(Cl)c2)cc1. The summed E-state index contributed by atoms with van der Waals surface area (Å²) in [5.74, 6) is 0.211. The van der Waals surface area contributed by atoms with Crippen LogP contribution < -0.4 is 15.0 Å². The highest BCUT2D eigenvalue weighted by molar-refractivity contribution is 7.80. The van der Waals surface area contributed by atoms with Gasteiger partial charge in [-0.05, 0) is 78.9 Å². The van der Waals surface area contributed by atoms with Gasteiger partial charge in [0, 0.05) is 29.5 Å². The molecule has 1 aliphatic heterocycles. The lowest BCUT2D eigenvalue weighted by Gasteiger charge is -2.29. The van der Waals surface area contributed by atoms with Crippen molar-refractivity contribution in [2.45, 2.75) is 12.1 Å². The number of nitrogens with zero attached hydrogens (tertiary/aromatic N) is 3. The Kier molecular flexibility index (Phi) is 6.63. The molecule has 0 saturated carbocycles. The van der Waals surface area contributed by atoms with E-state index < -0.39 is 0 Å². The van der Waals surface area contributed by atoms with Gasteiger partial charge in [0.05, 0.1) is 36.5 Å². The summed E-state index contributed by atoms with van der Waals surface area (Å²) in [6.45, 7) is 0. The van der Waals surface area contributed by atoms with Crippen LogP contribution in [0.3, 0.4) is 0 Å². The molecule has 2 aromatic carbocycles. The maximum atomic E-state index is 11.9. The first-order valence-electron chi connectivity index (χ1n) is 11.2. The van der Waals surface area contributed by atoms with Gasteiger partial charge in [0.2, 0.25) is 0 Å². The maximum Gasteiger partial charge on any atom is 0.337 e. The lowest BCUT2D eigenvalue weighted by atomic mass is 10.0. The molecule has 1 N–H and O–H groups in total. The van der Waals surface area contributed by atoms with E-state index in [4.69, 9.17) is 33.3 Å². The number of esters is 1. The topological polar surface area (TPSA) is 68.6 Å². The number of ether oxygens (including phenoxy) is 2. The zero-order valence-electron chi connectivity index (χ0n) is 19.6. The van der Waals surface area contributed by atoms with Crippen LogP contribution in [0.25, 0.3) is 5.69 Å². The van der Waals surface area contributed by atoms with Gasteiger partial charge in [0.15, 0.2) is 5.11 Å². The number of methoxy groups -OCH3 is 2. The summed E-state index contributed by atoms with van der Waals surface area (Å²) in [4.78, 5) is 18.6. The van der Waals surface area contributed by atoms with Crippen molar-refractivity contribution in [3.63, 3.8) is 0 Å². The molecule has 36 heavy (non-hydrogen) atoms. The van der Waals surface area contributed by atoms with Crippen LogP contribution in [0.1, 0.15) is 33.8 Å². The van der Waals surface area contributed by atoms with Gasteiger partial charge in [-0.1, -0.05) is 17.7 Å². The van der Waals surface area contributed by atoms with E-state index in [-0.39, 0.29) is 18.1 Å². The predicted octanol–water partition coefficient (Wildman–Crippen LogP) is 5.50. The number of carbonyl (C=O) groups is 1. The molecule has 2 atom stereocenters. The average molecular weight is 519 g/mol. The van der Waals surface area contributed by atoms with Crippen LogP contribution in [0.2, 0.25) is 5.02 Å². The van der Waals surface area contributed by atoms with Crippen molar-refractivity contribution in [1.82, 2.24) is 14.9 Å². The molecule has 0 aliphatic carbocycles. The van der Waals surface area contributed by atoms with Crippen molar-refractivity contribution in [2.75, 3.05) is 19.1 Å². The molecule has 5 rings (SSSR count). The third-order valence-electron chi connectivity index (χ3n) is 6.16. The molecule has 2 aromatic heterocycles. The Morgan fingerprint density at radius 2 is 1.81 bits per heavy atom. The van der Waals surface area contributed by atoms with Crippen molar-refractivity contribution >= 4 is 40.6 Å². The van der Waals surface area contributed by atoms with E-state index in [1.54, 1.807) is 25.4 Å². The zero-order valence-corrected chi connectivity index (χ0v) is 21.2. The van der Waals surface area contributed by atoms with Crippen molar-refractivity contribution in [3.05, 3.63) is 107 Å². The fraction of sp³-hybridized carbons (Fsp3) is 0.148. The standard InChI is InChI=1S/C27H23ClN4O3S/c1-34-23-13-12-19(16-20(23)28)32-25(24(30-27(32)36)21-6-3-4-14-29-21)22-7-5-15-31(22)18-10-8-17(9-11-18)26(33)35-2/h3-16,24-25H,1-2H3,(H,30,36). The first-order valence-corrected chi connectivity index (χ1v) is 12.0. The second kappa shape index (κ2) is 10.0. The molecule has 9 heteroatoms. The van der Waals surface area contributed by atoms with Crippen LogP contribution in [-0.2, 0) is 4.74 Å². The van der Waals surface area contributed by atoms with Crippen molar-refractivity contribution in [1.29, 1.82) is 0 Å². The quantitative estimate of drug-likeness (QED) is 0.267. The molecule has 0 spiro atoms. The van der Waals surface area contributed by atoms with Crippen LogP contribution in [-0.4, -0.2) is 34.9 Å². The van der Waals surface area contributed by atoms with Gasteiger partial charge in [-0.15, -0.1) is 0 Å². The highest BCUT2D eigenvalue weighted by Gasteiger charge is 2.42. The smallest absolute Gasteiger partial charge is 0.337 e. The zero-order chi connectivity index (χ0) is 25.2. The normalized spacial score (nSPS) is 17.1. The van der Waals surface area contributed by atoms with E-state index in [2.05, 4.69) is 25.8 Å². The fourth-order valence-electron chi connectivity index (χ4n) is 4.48. The lowest BCUT2D eigenvalue weighted by Crippen LogP contribution is -2.30. The summed E-state index contributed by atoms with van der Waals surface area (Å²) in [7, 11) is 2.95. The Balaban J connectivity index is 1.62. The van der Waals surface area contributed by atoms with E-state index in [1.165, 1.54) is 7.11 Å². The van der Waals surface area contributed by atoms with Gasteiger partial charge in [-0.2, -0.15) is 0 Å². The Morgan fingerprint density at radius 3 is 2.47 bits per heavy atom. The molecule has 1 fully saturated rings. The maximum absolute atomic E-state index is 11.9. The summed E-state index contributed by atoms with van der Waals surface area (Å²) in [6.07, 6.45) is 3.76. The molecule has 3 heterocycles. The number of hydrogen-bond acceptors (Lipinski definition) is 5. The molecule has 182 valence electrons. The van der Waals surface area contributed by atoms with Gasteiger partial charge in [-0.25, -0.2) is 4.79 Å². The minimum absolute atomic E-state index is 0.220. The summed E-state index contributed by atoms with van der Waals surface area (Å²) in [5.41, 5.74) is 4.06. The Bertz CT molecular complexity index is 1410. The number of thiocarbonyl (C=S) groups is 1. The van der Waals surface area contributed by atoms with Crippen molar-refractivity contribution in [3.8, 4) is 11.4 Å². The van der Waals surface area contributed by atoms with E-state index in [0.717, 1.165) is 22.8 Å². The second-order valence-electron chi connectivity index (χ2n) is 8.16.